The first-order valence-electron chi connectivity index (χ1n) is 6.19. The summed E-state index contributed by atoms with van der Waals surface area (Å²) >= 11 is 0. The molecule has 3 N–H and O–H groups in total. The fraction of sp³-hybridized carbons (Fsp3) is 0.769. The number of nitrogens with two attached hydrogens (primary N) is 1. The van der Waals surface area contributed by atoms with Crippen LogP contribution in [-0.4, -0.2) is 23.8 Å². The normalized spacial score (nSPS) is 26.4. The Kier molecular flexibility index (Phi) is 4.57. The summed E-state index contributed by atoms with van der Waals surface area (Å²) in [5, 5.41) is 2.86. The van der Waals surface area contributed by atoms with Crippen molar-refractivity contribution in [2.24, 2.45) is 11.7 Å². The van der Waals surface area contributed by atoms with Crippen LogP contribution in [0.5, 0.6) is 0 Å². The average Bonchev–Trinajstić information content (AvgIpc) is 2.14. The van der Waals surface area contributed by atoms with Crippen LogP contribution >= 0.6 is 0 Å². The first-order valence-corrected chi connectivity index (χ1v) is 6.19. The van der Waals surface area contributed by atoms with Gasteiger partial charge < -0.3 is 15.8 Å². The van der Waals surface area contributed by atoms with E-state index >= 15 is 0 Å². The van der Waals surface area contributed by atoms with Crippen molar-refractivity contribution in [3.05, 3.63) is 12.2 Å². The van der Waals surface area contributed by atoms with E-state index in [0.717, 1.165) is 12.8 Å². The van der Waals surface area contributed by atoms with Gasteiger partial charge in [-0.3, -0.25) is 0 Å². The second kappa shape index (κ2) is 5.54. The molecule has 0 bridgehead atoms. The molecule has 1 aliphatic rings. The zero-order valence-electron chi connectivity index (χ0n) is 11.2. The SMILES string of the molecule is CC(NC(=O)OC(C)(C)C)C1C=CCC(N)C1. The highest BCUT2D eigenvalue weighted by Crippen LogP contribution is 2.20. The summed E-state index contributed by atoms with van der Waals surface area (Å²) in [5.41, 5.74) is 5.44. The van der Waals surface area contributed by atoms with Gasteiger partial charge in [0.15, 0.2) is 0 Å². The van der Waals surface area contributed by atoms with E-state index in [1.165, 1.54) is 0 Å². The second-order valence-corrected chi connectivity index (χ2v) is 5.76. The molecule has 4 heteroatoms. The van der Waals surface area contributed by atoms with Crippen molar-refractivity contribution in [2.75, 3.05) is 0 Å². The molecular formula is C13H24N2O2. The Bertz CT molecular complexity index is 294. The molecule has 0 aromatic heterocycles. The molecule has 0 fully saturated rings. The van der Waals surface area contributed by atoms with Crippen molar-refractivity contribution in [3.8, 4) is 0 Å². The van der Waals surface area contributed by atoms with Gasteiger partial charge in [-0.2, -0.15) is 0 Å². The number of amides is 1. The lowest BCUT2D eigenvalue weighted by Gasteiger charge is -2.28. The van der Waals surface area contributed by atoms with E-state index in [4.69, 9.17) is 10.5 Å². The third kappa shape index (κ3) is 5.22. The van der Waals surface area contributed by atoms with Crippen LogP contribution in [-0.2, 0) is 4.74 Å². The maximum Gasteiger partial charge on any atom is 0.407 e. The number of ether oxygens (including phenoxy) is 1. The maximum absolute atomic E-state index is 11.6. The van der Waals surface area contributed by atoms with Crippen molar-refractivity contribution >= 4 is 6.09 Å². The van der Waals surface area contributed by atoms with Crippen LogP contribution in [0.3, 0.4) is 0 Å². The molecule has 1 aliphatic carbocycles. The molecule has 98 valence electrons. The average molecular weight is 240 g/mol. The van der Waals surface area contributed by atoms with Crippen LogP contribution in [0.1, 0.15) is 40.5 Å². The summed E-state index contributed by atoms with van der Waals surface area (Å²) in [6.45, 7) is 7.55. The molecule has 0 radical (unpaired) electrons. The Labute approximate surface area is 104 Å². The van der Waals surface area contributed by atoms with Crippen molar-refractivity contribution < 1.29 is 9.53 Å². The molecule has 4 nitrogen and oxygen atoms in total. The summed E-state index contributed by atoms with van der Waals surface area (Å²) in [7, 11) is 0. The molecule has 0 saturated carbocycles. The number of carbonyl (C=O) groups excluding carboxylic acids is 1. The quantitative estimate of drug-likeness (QED) is 0.727. The third-order valence-corrected chi connectivity index (χ3v) is 2.78. The minimum absolute atomic E-state index is 0.0486. The highest BCUT2D eigenvalue weighted by atomic mass is 16.6. The molecule has 1 rings (SSSR count). The minimum atomic E-state index is -0.456. The zero-order valence-corrected chi connectivity index (χ0v) is 11.2. The van der Waals surface area contributed by atoms with Crippen LogP contribution < -0.4 is 11.1 Å². The fourth-order valence-electron chi connectivity index (χ4n) is 1.92. The van der Waals surface area contributed by atoms with Gasteiger partial charge in [-0.25, -0.2) is 4.79 Å². The Hall–Kier alpha value is -1.03. The van der Waals surface area contributed by atoms with Crippen molar-refractivity contribution in [3.63, 3.8) is 0 Å². The van der Waals surface area contributed by atoms with Gasteiger partial charge in [0.25, 0.3) is 0 Å². The number of hydrogen-bond acceptors (Lipinski definition) is 3. The van der Waals surface area contributed by atoms with Gasteiger partial charge in [-0.1, -0.05) is 12.2 Å². The first kappa shape index (κ1) is 14.0. The Morgan fingerprint density at radius 2 is 2.18 bits per heavy atom. The van der Waals surface area contributed by atoms with Crippen LogP contribution in [0.25, 0.3) is 0 Å². The minimum Gasteiger partial charge on any atom is -0.444 e. The van der Waals surface area contributed by atoms with Crippen molar-refractivity contribution in [2.45, 2.75) is 58.2 Å². The lowest BCUT2D eigenvalue weighted by molar-refractivity contribution is 0.0495. The van der Waals surface area contributed by atoms with E-state index in [0.29, 0.717) is 5.92 Å². The number of alkyl carbamates (subject to hydrolysis) is 1. The van der Waals surface area contributed by atoms with Gasteiger partial charge in [0, 0.05) is 12.1 Å². The molecular weight excluding hydrogens is 216 g/mol. The Balaban J connectivity index is 2.43. The largest absolute Gasteiger partial charge is 0.444 e. The standard InChI is InChI=1S/C13H24N2O2/c1-9(10-6-5-7-11(14)8-10)15-12(16)17-13(2,3)4/h5-6,9-11H,7-8,14H2,1-4H3,(H,15,16). The van der Waals surface area contributed by atoms with Gasteiger partial charge in [-0.05, 0) is 46.5 Å². The summed E-state index contributed by atoms with van der Waals surface area (Å²) in [5.74, 6) is 0.297. The molecule has 3 unspecified atom stereocenters. The third-order valence-electron chi connectivity index (χ3n) is 2.78. The van der Waals surface area contributed by atoms with E-state index in [1.807, 2.05) is 27.7 Å². The second-order valence-electron chi connectivity index (χ2n) is 5.76. The van der Waals surface area contributed by atoms with Crippen molar-refractivity contribution in [1.29, 1.82) is 0 Å². The Morgan fingerprint density at radius 1 is 1.53 bits per heavy atom. The lowest BCUT2D eigenvalue weighted by atomic mass is 9.87. The van der Waals surface area contributed by atoms with Gasteiger partial charge >= 0.3 is 6.09 Å². The molecule has 3 atom stereocenters. The number of carbonyl (C=O) groups is 1. The number of nitrogens with one attached hydrogen (secondary N) is 1. The van der Waals surface area contributed by atoms with Crippen LogP contribution in [0.15, 0.2) is 12.2 Å². The molecule has 0 spiro atoms. The van der Waals surface area contributed by atoms with Gasteiger partial charge in [0.05, 0.1) is 0 Å². The predicted molar refractivity (Wildman–Crippen MR) is 68.7 cm³/mol. The van der Waals surface area contributed by atoms with E-state index < -0.39 is 5.60 Å². The van der Waals surface area contributed by atoms with Crippen molar-refractivity contribution in [1.82, 2.24) is 5.32 Å². The lowest BCUT2D eigenvalue weighted by Crippen LogP contribution is -2.43. The number of hydrogen-bond donors (Lipinski definition) is 2. The summed E-state index contributed by atoms with van der Waals surface area (Å²) in [6.07, 6.45) is 5.69. The van der Waals surface area contributed by atoms with Crippen LogP contribution in [0.2, 0.25) is 0 Å². The zero-order chi connectivity index (χ0) is 13.1. The van der Waals surface area contributed by atoms with E-state index in [2.05, 4.69) is 17.5 Å². The van der Waals surface area contributed by atoms with E-state index in [1.54, 1.807) is 0 Å². The summed E-state index contributed by atoms with van der Waals surface area (Å²) < 4.78 is 5.22. The molecule has 17 heavy (non-hydrogen) atoms. The van der Waals surface area contributed by atoms with Gasteiger partial charge in [0.1, 0.15) is 5.60 Å². The van der Waals surface area contributed by atoms with E-state index in [9.17, 15) is 4.79 Å². The maximum atomic E-state index is 11.6. The van der Waals surface area contributed by atoms with Crippen LogP contribution in [0, 0.1) is 5.92 Å². The summed E-state index contributed by atoms with van der Waals surface area (Å²) in [6, 6.07) is 0.250. The van der Waals surface area contributed by atoms with Gasteiger partial charge in [0.2, 0.25) is 0 Å². The number of rotatable bonds is 2. The molecule has 0 heterocycles. The molecule has 0 saturated heterocycles. The highest BCUT2D eigenvalue weighted by molar-refractivity contribution is 5.68. The molecule has 0 aromatic carbocycles. The predicted octanol–water partition coefficient (Wildman–Crippen LogP) is 2.19. The monoisotopic (exact) mass is 240 g/mol. The molecule has 0 aromatic rings. The Morgan fingerprint density at radius 3 is 2.71 bits per heavy atom. The van der Waals surface area contributed by atoms with Crippen LogP contribution in [0.4, 0.5) is 4.79 Å². The van der Waals surface area contributed by atoms with Gasteiger partial charge in [-0.15, -0.1) is 0 Å². The first-order chi connectivity index (χ1) is 7.78. The topological polar surface area (TPSA) is 64.3 Å². The fourth-order valence-corrected chi connectivity index (χ4v) is 1.92. The molecule has 1 amide bonds. The molecule has 0 aliphatic heterocycles. The summed E-state index contributed by atoms with van der Waals surface area (Å²) in [4.78, 5) is 11.6. The smallest absolute Gasteiger partial charge is 0.407 e. The highest BCUT2D eigenvalue weighted by Gasteiger charge is 2.24. The van der Waals surface area contributed by atoms with E-state index in [-0.39, 0.29) is 18.2 Å².